The third-order valence-corrected chi connectivity index (χ3v) is 4.05. The van der Waals surface area contributed by atoms with Crippen LogP contribution in [-0.2, 0) is 9.59 Å². The fourth-order valence-corrected chi connectivity index (χ4v) is 2.73. The Hall–Kier alpha value is -0.510. The van der Waals surface area contributed by atoms with Crippen LogP contribution in [0.1, 0.15) is 77.6 Å². The van der Waals surface area contributed by atoms with Crippen LogP contribution >= 0.6 is 11.8 Å². The van der Waals surface area contributed by atoms with Gasteiger partial charge >= 0.3 is 5.97 Å². The van der Waals surface area contributed by atoms with Crippen LogP contribution in [0.15, 0.2) is 0 Å². The molecule has 3 nitrogen and oxygen atoms in total. The molecule has 0 spiro atoms. The Morgan fingerprint density at radius 1 is 0.842 bits per heavy atom. The summed E-state index contributed by atoms with van der Waals surface area (Å²) < 4.78 is 0. The first-order chi connectivity index (χ1) is 9.16. The van der Waals surface area contributed by atoms with E-state index in [9.17, 15) is 9.59 Å². The van der Waals surface area contributed by atoms with Crippen molar-refractivity contribution < 1.29 is 14.7 Å². The normalized spacial score (nSPS) is 10.6. The second kappa shape index (κ2) is 13.9. The van der Waals surface area contributed by atoms with Gasteiger partial charge in [0.25, 0.3) is 0 Å². The van der Waals surface area contributed by atoms with Gasteiger partial charge < -0.3 is 5.11 Å². The van der Waals surface area contributed by atoms with E-state index in [0.717, 1.165) is 37.9 Å². The highest BCUT2D eigenvalue weighted by molar-refractivity contribution is 8.13. The van der Waals surface area contributed by atoms with Crippen molar-refractivity contribution in [3.8, 4) is 0 Å². The molecule has 0 radical (unpaired) electrons. The van der Waals surface area contributed by atoms with Crippen molar-refractivity contribution in [1.29, 1.82) is 0 Å². The van der Waals surface area contributed by atoms with Gasteiger partial charge in [-0.1, -0.05) is 57.2 Å². The Balaban J connectivity index is 3.18. The molecule has 1 N–H and O–H groups in total. The number of thioether (sulfide) groups is 1. The molecule has 0 unspecified atom stereocenters. The average molecular weight is 288 g/mol. The van der Waals surface area contributed by atoms with Crippen molar-refractivity contribution in [2.24, 2.45) is 0 Å². The molecule has 0 aromatic rings. The molecule has 0 heterocycles. The van der Waals surface area contributed by atoms with Crippen LogP contribution in [0.4, 0.5) is 0 Å². The van der Waals surface area contributed by atoms with Gasteiger partial charge in [0.15, 0.2) is 5.12 Å². The standard InChI is InChI=1S/C15H28O3S/c1-2-3-4-5-9-12-15(18)19-13-10-7-6-8-11-14(16)17/h2-13H2,1H3,(H,16,17). The number of aliphatic carboxylic acids is 1. The third-order valence-electron chi connectivity index (χ3n) is 3.03. The van der Waals surface area contributed by atoms with E-state index >= 15 is 0 Å². The highest BCUT2D eigenvalue weighted by atomic mass is 32.2. The summed E-state index contributed by atoms with van der Waals surface area (Å²) in [6.07, 6.45) is 10.7. The zero-order chi connectivity index (χ0) is 14.3. The van der Waals surface area contributed by atoms with Crippen LogP contribution < -0.4 is 0 Å². The summed E-state index contributed by atoms with van der Waals surface area (Å²) in [7, 11) is 0. The minimum atomic E-state index is -0.715. The lowest BCUT2D eigenvalue weighted by molar-refractivity contribution is -0.137. The highest BCUT2D eigenvalue weighted by Crippen LogP contribution is 2.14. The van der Waals surface area contributed by atoms with Crippen LogP contribution in [0.3, 0.4) is 0 Å². The van der Waals surface area contributed by atoms with Crippen LogP contribution in [0.2, 0.25) is 0 Å². The van der Waals surface area contributed by atoms with Gasteiger partial charge in [-0.25, -0.2) is 0 Å². The first kappa shape index (κ1) is 18.5. The number of hydrogen-bond acceptors (Lipinski definition) is 3. The molecule has 19 heavy (non-hydrogen) atoms. The van der Waals surface area contributed by atoms with Crippen molar-refractivity contribution in [3.63, 3.8) is 0 Å². The van der Waals surface area contributed by atoms with Gasteiger partial charge in [0.2, 0.25) is 0 Å². The topological polar surface area (TPSA) is 54.4 Å². The van der Waals surface area contributed by atoms with Crippen molar-refractivity contribution in [1.82, 2.24) is 0 Å². The quantitative estimate of drug-likeness (QED) is 0.501. The number of carboxylic acid groups (broad SMARTS) is 1. The van der Waals surface area contributed by atoms with Gasteiger partial charge in [-0.3, -0.25) is 9.59 Å². The number of carboxylic acids is 1. The predicted octanol–water partition coefficient (Wildman–Crippen LogP) is 4.64. The first-order valence-corrected chi connectivity index (χ1v) is 8.52. The van der Waals surface area contributed by atoms with Gasteiger partial charge in [-0.05, 0) is 19.3 Å². The maximum absolute atomic E-state index is 11.5. The Kier molecular flexibility index (Phi) is 13.5. The van der Waals surface area contributed by atoms with Crippen LogP contribution in [0, 0.1) is 0 Å². The monoisotopic (exact) mass is 288 g/mol. The molecule has 0 aromatic heterocycles. The summed E-state index contributed by atoms with van der Waals surface area (Å²) in [6.45, 7) is 2.19. The maximum Gasteiger partial charge on any atom is 0.303 e. The van der Waals surface area contributed by atoms with Crippen LogP contribution in [-0.4, -0.2) is 21.9 Å². The first-order valence-electron chi connectivity index (χ1n) is 7.54. The summed E-state index contributed by atoms with van der Waals surface area (Å²) in [4.78, 5) is 21.8. The molecule has 0 saturated heterocycles. The molecule has 0 atom stereocenters. The Labute approximate surface area is 121 Å². The molecule has 4 heteroatoms. The van der Waals surface area contributed by atoms with Gasteiger partial charge in [-0.2, -0.15) is 0 Å². The second-order valence-corrected chi connectivity index (χ2v) is 6.09. The van der Waals surface area contributed by atoms with E-state index in [0.29, 0.717) is 11.5 Å². The van der Waals surface area contributed by atoms with Gasteiger partial charge in [0.05, 0.1) is 0 Å². The van der Waals surface area contributed by atoms with E-state index in [1.54, 1.807) is 0 Å². The van der Waals surface area contributed by atoms with Gasteiger partial charge in [0, 0.05) is 18.6 Å². The minimum Gasteiger partial charge on any atom is -0.481 e. The molecule has 112 valence electrons. The van der Waals surface area contributed by atoms with E-state index in [2.05, 4.69) is 6.92 Å². The number of unbranched alkanes of at least 4 members (excludes halogenated alkanes) is 7. The fourth-order valence-electron chi connectivity index (χ4n) is 1.86. The molecule has 0 saturated carbocycles. The molecular weight excluding hydrogens is 260 g/mol. The number of hydrogen-bond donors (Lipinski definition) is 1. The minimum absolute atomic E-state index is 0.268. The van der Waals surface area contributed by atoms with E-state index < -0.39 is 5.97 Å². The van der Waals surface area contributed by atoms with E-state index in [1.807, 2.05) is 0 Å². The third kappa shape index (κ3) is 15.4. The molecule has 0 aliphatic carbocycles. The molecule has 0 bridgehead atoms. The van der Waals surface area contributed by atoms with Crippen molar-refractivity contribution in [2.75, 3.05) is 5.75 Å². The molecule has 0 fully saturated rings. The lowest BCUT2D eigenvalue weighted by Crippen LogP contribution is -1.95. The van der Waals surface area contributed by atoms with Crippen LogP contribution in [0.25, 0.3) is 0 Å². The van der Waals surface area contributed by atoms with Crippen molar-refractivity contribution >= 4 is 22.8 Å². The maximum atomic E-state index is 11.5. The predicted molar refractivity (Wildman–Crippen MR) is 81.6 cm³/mol. The number of rotatable bonds is 13. The second-order valence-electron chi connectivity index (χ2n) is 4.94. The van der Waals surface area contributed by atoms with Gasteiger partial charge in [-0.15, -0.1) is 0 Å². The molecule has 0 rings (SSSR count). The van der Waals surface area contributed by atoms with Crippen LogP contribution in [0.5, 0.6) is 0 Å². The Bertz CT molecular complexity index is 242. The SMILES string of the molecule is CCCCCCCC(=O)SCCCCCCC(=O)O. The lowest BCUT2D eigenvalue weighted by Gasteiger charge is -2.01. The summed E-state index contributed by atoms with van der Waals surface area (Å²) in [5.74, 6) is 0.175. The summed E-state index contributed by atoms with van der Waals surface area (Å²) in [6, 6.07) is 0. The smallest absolute Gasteiger partial charge is 0.303 e. The Morgan fingerprint density at radius 2 is 1.42 bits per heavy atom. The molecule has 0 aromatic carbocycles. The largest absolute Gasteiger partial charge is 0.481 e. The average Bonchev–Trinajstić information content (AvgIpc) is 2.37. The summed E-state index contributed by atoms with van der Waals surface area (Å²) >= 11 is 1.45. The summed E-state index contributed by atoms with van der Waals surface area (Å²) in [5, 5.41) is 8.80. The fraction of sp³-hybridized carbons (Fsp3) is 0.867. The van der Waals surface area contributed by atoms with E-state index in [-0.39, 0.29) is 6.42 Å². The number of carbonyl (C=O) groups excluding carboxylic acids is 1. The summed E-state index contributed by atoms with van der Waals surface area (Å²) in [5.41, 5.74) is 0. The van der Waals surface area contributed by atoms with E-state index in [1.165, 1.54) is 37.4 Å². The van der Waals surface area contributed by atoms with Crippen molar-refractivity contribution in [3.05, 3.63) is 0 Å². The van der Waals surface area contributed by atoms with Crippen molar-refractivity contribution in [2.45, 2.75) is 77.6 Å². The number of carbonyl (C=O) groups is 2. The molecule has 0 aliphatic rings. The van der Waals surface area contributed by atoms with E-state index in [4.69, 9.17) is 5.11 Å². The van der Waals surface area contributed by atoms with Gasteiger partial charge in [0.1, 0.15) is 0 Å². The molecular formula is C15H28O3S. The molecule has 0 aliphatic heterocycles. The molecule has 0 amide bonds. The zero-order valence-corrected chi connectivity index (χ0v) is 13.0. The Morgan fingerprint density at radius 3 is 2.05 bits per heavy atom. The highest BCUT2D eigenvalue weighted by Gasteiger charge is 2.02. The lowest BCUT2D eigenvalue weighted by atomic mass is 10.1. The zero-order valence-electron chi connectivity index (χ0n) is 12.2.